The molecule has 0 radical (unpaired) electrons. The highest BCUT2D eigenvalue weighted by molar-refractivity contribution is 7.64. The van der Waals surface area contributed by atoms with Gasteiger partial charge in [-0.1, -0.05) is 12.1 Å². The van der Waals surface area contributed by atoms with Crippen LogP contribution in [0.2, 0.25) is 0 Å². The molecule has 1 aromatic heterocycles. The third-order valence-corrected chi connectivity index (χ3v) is 3.15. The molecule has 1 unspecified atom stereocenters. The van der Waals surface area contributed by atoms with Crippen LogP contribution in [0.5, 0.6) is 0 Å². The van der Waals surface area contributed by atoms with Crippen molar-refractivity contribution in [2.24, 2.45) is 0 Å². The van der Waals surface area contributed by atoms with Crippen molar-refractivity contribution < 1.29 is 0 Å². The monoisotopic (exact) mass is 170 g/mol. The van der Waals surface area contributed by atoms with E-state index in [-0.39, 0.29) is 9.68 Å². The Morgan fingerprint density at radius 2 is 2.10 bits per heavy atom. The van der Waals surface area contributed by atoms with Gasteiger partial charge in [0.25, 0.3) is 5.51 Å². The van der Waals surface area contributed by atoms with Gasteiger partial charge in [-0.3, -0.25) is 0 Å². The van der Waals surface area contributed by atoms with Gasteiger partial charge in [0.2, 0.25) is 15.4 Å². The molecule has 3 heteroatoms. The molecule has 1 heterocycles. The summed E-state index contributed by atoms with van der Waals surface area (Å²) < 4.78 is 1.14. The van der Waals surface area contributed by atoms with Crippen molar-refractivity contribution >= 4 is 30.6 Å². The number of benzene rings is 1. The van der Waals surface area contributed by atoms with Crippen LogP contribution in [-0.2, 0) is 0 Å². The number of fused-ring (bicyclic) bond motifs is 1. The van der Waals surface area contributed by atoms with Gasteiger partial charge in [0.1, 0.15) is 15.2 Å². The van der Waals surface area contributed by atoms with E-state index in [1.165, 1.54) is 0 Å². The van der Waals surface area contributed by atoms with Crippen LogP contribution >= 0.6 is 20.4 Å². The van der Waals surface area contributed by atoms with Crippen LogP contribution in [0, 0.1) is 0 Å². The number of rotatable bonds is 0. The molecule has 1 aromatic carbocycles. The van der Waals surface area contributed by atoms with Crippen molar-refractivity contribution in [1.29, 1.82) is 0 Å². The Morgan fingerprint density at radius 3 is 2.90 bits per heavy atom. The van der Waals surface area contributed by atoms with E-state index in [2.05, 4.69) is 4.98 Å². The van der Waals surface area contributed by atoms with Gasteiger partial charge in [-0.25, -0.2) is 0 Å². The lowest BCUT2D eigenvalue weighted by Crippen LogP contribution is -1.61. The van der Waals surface area contributed by atoms with Crippen LogP contribution in [0.1, 0.15) is 0 Å². The molecular weight excluding hydrogens is 166 g/mol. The van der Waals surface area contributed by atoms with Crippen LogP contribution in [0.4, 0.5) is 0 Å². The molecule has 0 aliphatic heterocycles. The summed E-state index contributed by atoms with van der Waals surface area (Å²) in [6.07, 6.45) is 0. The minimum Gasteiger partial charge on any atom is -0.198 e. The lowest BCUT2D eigenvalue weighted by Gasteiger charge is -1.76. The number of nitrogens with zero attached hydrogens (tertiary/aromatic N) is 1. The van der Waals surface area contributed by atoms with Gasteiger partial charge < -0.3 is 0 Å². The fraction of sp³-hybridized carbons (Fsp3) is 0. The standard InChI is InChI=1S/C7H5ClNS/c8-10-5-9-6-3-1-2-4-7(6)10/h1-5H/q+1. The summed E-state index contributed by atoms with van der Waals surface area (Å²) in [7, 11) is 5.65. The van der Waals surface area contributed by atoms with Crippen molar-refractivity contribution in [3.8, 4) is 0 Å². The molecule has 0 saturated carbocycles. The second-order valence-electron chi connectivity index (χ2n) is 1.99. The Bertz CT molecular complexity index is 355. The first-order valence-electron chi connectivity index (χ1n) is 2.90. The average Bonchev–Trinajstić information content (AvgIpc) is 2.34. The number of hydrogen-bond acceptors (Lipinski definition) is 1. The van der Waals surface area contributed by atoms with Gasteiger partial charge >= 0.3 is 0 Å². The molecule has 1 atom stereocenters. The summed E-state index contributed by atoms with van der Waals surface area (Å²) in [6.45, 7) is 0. The summed E-state index contributed by atoms with van der Waals surface area (Å²) in [6, 6.07) is 7.94. The Labute approximate surface area is 65.7 Å². The Kier molecular flexibility index (Phi) is 1.36. The molecular formula is C7H5ClNS+. The minimum absolute atomic E-state index is 0.267. The summed E-state index contributed by atoms with van der Waals surface area (Å²) in [5.41, 5.74) is 2.80. The topological polar surface area (TPSA) is 12.9 Å². The number of aromatic nitrogens is 1. The molecule has 10 heavy (non-hydrogen) atoms. The zero-order valence-corrected chi connectivity index (χ0v) is 6.69. The quantitative estimate of drug-likeness (QED) is 0.554. The second kappa shape index (κ2) is 2.22. The largest absolute Gasteiger partial charge is 0.251 e. The number of hydrogen-bond donors (Lipinski definition) is 0. The number of para-hydroxylation sites is 1. The Balaban J connectivity index is 2.93. The molecule has 0 aliphatic rings. The first-order valence-corrected chi connectivity index (χ1v) is 5.02. The minimum atomic E-state index is -0.267. The highest BCUT2D eigenvalue weighted by Crippen LogP contribution is 2.31. The van der Waals surface area contributed by atoms with Crippen molar-refractivity contribution in [2.75, 3.05) is 0 Å². The van der Waals surface area contributed by atoms with E-state index < -0.39 is 0 Å². The van der Waals surface area contributed by atoms with E-state index >= 15 is 0 Å². The second-order valence-corrected chi connectivity index (χ2v) is 4.20. The van der Waals surface area contributed by atoms with E-state index in [0.717, 1.165) is 10.2 Å². The third kappa shape index (κ3) is 0.805. The number of thiazole rings is 1. The lowest BCUT2D eigenvalue weighted by atomic mass is 10.3. The van der Waals surface area contributed by atoms with Gasteiger partial charge in [-0.05, 0) is 6.07 Å². The lowest BCUT2D eigenvalue weighted by molar-refractivity contribution is 1.50. The summed E-state index contributed by atoms with van der Waals surface area (Å²) in [4.78, 5) is 4.14. The molecule has 1 nitrogen and oxygen atoms in total. The average molecular weight is 171 g/mol. The van der Waals surface area contributed by atoms with Crippen LogP contribution < -0.4 is 0 Å². The predicted molar refractivity (Wildman–Crippen MR) is 45.5 cm³/mol. The summed E-state index contributed by atoms with van der Waals surface area (Å²) in [5, 5.41) is 0. The van der Waals surface area contributed by atoms with Crippen LogP contribution in [0.3, 0.4) is 0 Å². The fourth-order valence-corrected chi connectivity index (χ4v) is 2.25. The third-order valence-electron chi connectivity index (χ3n) is 1.36. The molecule has 2 rings (SSSR count). The molecule has 0 saturated heterocycles. The van der Waals surface area contributed by atoms with E-state index in [4.69, 9.17) is 10.7 Å². The van der Waals surface area contributed by atoms with E-state index in [9.17, 15) is 0 Å². The normalized spacial score (nSPS) is 12.3. The van der Waals surface area contributed by atoms with Crippen LogP contribution in [0.15, 0.2) is 29.8 Å². The molecule has 0 N–H and O–H groups in total. The van der Waals surface area contributed by atoms with Crippen molar-refractivity contribution in [3.63, 3.8) is 0 Å². The molecule has 0 bridgehead atoms. The SMILES string of the molecule is Cl[s+]1cnc2ccccc21. The van der Waals surface area contributed by atoms with Gasteiger partial charge in [-0.2, -0.15) is 4.98 Å². The molecule has 0 fully saturated rings. The summed E-state index contributed by atoms with van der Waals surface area (Å²) in [5.74, 6) is 0. The van der Waals surface area contributed by atoms with Crippen molar-refractivity contribution in [2.45, 2.75) is 0 Å². The molecule has 0 amide bonds. The van der Waals surface area contributed by atoms with Gasteiger partial charge in [0.05, 0.1) is 0 Å². The number of halogens is 1. The van der Waals surface area contributed by atoms with Gasteiger partial charge in [-0.15, -0.1) is 0 Å². The zero-order chi connectivity index (χ0) is 6.97. The molecule has 0 spiro atoms. The highest BCUT2D eigenvalue weighted by atomic mass is 35.7. The fourth-order valence-electron chi connectivity index (χ4n) is 0.889. The highest BCUT2D eigenvalue weighted by Gasteiger charge is 2.09. The summed E-state index contributed by atoms with van der Waals surface area (Å²) >= 11 is 0. The van der Waals surface area contributed by atoms with Crippen LogP contribution in [-0.4, -0.2) is 4.98 Å². The first kappa shape index (κ1) is 6.13. The molecule has 50 valence electrons. The van der Waals surface area contributed by atoms with Crippen molar-refractivity contribution in [1.82, 2.24) is 4.98 Å². The maximum absolute atomic E-state index is 5.92. The van der Waals surface area contributed by atoms with Gasteiger partial charge in [0.15, 0.2) is 0 Å². The maximum atomic E-state index is 5.92. The van der Waals surface area contributed by atoms with E-state index in [1.54, 1.807) is 5.51 Å². The zero-order valence-electron chi connectivity index (χ0n) is 5.12. The first-order chi connectivity index (χ1) is 4.88. The Hall–Kier alpha value is -0.600. The Morgan fingerprint density at radius 1 is 1.30 bits per heavy atom. The smallest absolute Gasteiger partial charge is 0.198 e. The van der Waals surface area contributed by atoms with E-state index in [1.807, 2.05) is 24.3 Å². The predicted octanol–water partition coefficient (Wildman–Crippen LogP) is 2.99. The van der Waals surface area contributed by atoms with Crippen LogP contribution in [0.25, 0.3) is 10.2 Å². The molecule has 0 aliphatic carbocycles. The van der Waals surface area contributed by atoms with E-state index in [0.29, 0.717) is 0 Å². The maximum Gasteiger partial charge on any atom is 0.251 e. The van der Waals surface area contributed by atoms with Gasteiger partial charge in [0, 0.05) is 6.07 Å². The van der Waals surface area contributed by atoms with Crippen molar-refractivity contribution in [3.05, 3.63) is 29.8 Å². The molecule has 2 aromatic rings.